The van der Waals surface area contributed by atoms with Crippen LogP contribution < -0.4 is 10.0 Å². The van der Waals surface area contributed by atoms with Crippen LogP contribution >= 0.6 is 39.0 Å². The van der Waals surface area contributed by atoms with Crippen LogP contribution in [0.4, 0.5) is 11.4 Å². The number of hydrogen-bond donors (Lipinski definition) is 1. The smallest absolute Gasteiger partial charge is 0.273 e. The molecule has 2 aromatic rings. The average molecular weight is 405 g/mol. The van der Waals surface area contributed by atoms with Gasteiger partial charge >= 0.3 is 0 Å². The zero-order valence-corrected chi connectivity index (χ0v) is 15.2. The van der Waals surface area contributed by atoms with Gasteiger partial charge in [-0.05, 0) is 52.7 Å². The van der Waals surface area contributed by atoms with Gasteiger partial charge in [-0.25, -0.2) is 8.42 Å². The summed E-state index contributed by atoms with van der Waals surface area (Å²) in [6, 6.07) is 7.12. The summed E-state index contributed by atoms with van der Waals surface area (Å²) in [4.78, 5) is 0.950. The van der Waals surface area contributed by atoms with E-state index < -0.39 is 10.0 Å². The summed E-state index contributed by atoms with van der Waals surface area (Å²) >= 11 is 6.28. The predicted molar refractivity (Wildman–Crippen MR) is 92.9 cm³/mol. The fourth-order valence-corrected chi connectivity index (χ4v) is 7.09. The molecule has 0 amide bonds. The Bertz CT molecular complexity index is 782. The molecule has 0 atom stereocenters. The third kappa shape index (κ3) is 2.69. The summed E-state index contributed by atoms with van der Waals surface area (Å²) in [7, 11) is -3.54. The van der Waals surface area contributed by atoms with E-state index in [2.05, 4.69) is 15.9 Å². The Labute approximate surface area is 140 Å². The van der Waals surface area contributed by atoms with Crippen molar-refractivity contribution in [1.82, 2.24) is 0 Å². The quantitative estimate of drug-likeness (QED) is 0.774. The topological polar surface area (TPSA) is 63.4 Å². The van der Waals surface area contributed by atoms with Crippen molar-refractivity contribution in [3.63, 3.8) is 0 Å². The Morgan fingerprint density at radius 3 is 2.76 bits per heavy atom. The van der Waals surface area contributed by atoms with Gasteiger partial charge in [0, 0.05) is 22.9 Å². The highest BCUT2D eigenvalue weighted by Gasteiger charge is 2.31. The number of rotatable bonds is 2. The molecule has 2 N–H and O–H groups in total. The van der Waals surface area contributed by atoms with Gasteiger partial charge in [0.15, 0.2) is 0 Å². The highest BCUT2D eigenvalue weighted by Crippen LogP contribution is 2.41. The summed E-state index contributed by atoms with van der Waals surface area (Å²) in [5.74, 6) is 0.738. The van der Waals surface area contributed by atoms with E-state index in [0.29, 0.717) is 22.1 Å². The third-order valence-electron chi connectivity index (χ3n) is 3.18. The lowest BCUT2D eigenvalue weighted by molar-refractivity contribution is 0.593. The molecule has 1 aliphatic heterocycles. The molecule has 1 aromatic carbocycles. The molecular weight excluding hydrogens is 392 g/mol. The number of thioether (sulfide) groups is 1. The second-order valence-corrected chi connectivity index (χ2v) is 10.3. The monoisotopic (exact) mass is 404 g/mol. The Hall–Kier alpha value is -0.700. The molecule has 0 unspecified atom stereocenters. The summed E-state index contributed by atoms with van der Waals surface area (Å²) in [5, 5.41) is 0. The second-order valence-electron chi connectivity index (χ2n) is 4.67. The summed E-state index contributed by atoms with van der Waals surface area (Å²) in [6.45, 7) is 2.34. The van der Waals surface area contributed by atoms with Gasteiger partial charge < -0.3 is 5.73 Å². The van der Waals surface area contributed by atoms with Gasteiger partial charge in [-0.1, -0.05) is 0 Å². The lowest BCUT2D eigenvalue weighted by Crippen LogP contribution is -2.35. The molecule has 0 radical (unpaired) electrons. The lowest BCUT2D eigenvalue weighted by Gasteiger charge is -2.29. The van der Waals surface area contributed by atoms with E-state index in [4.69, 9.17) is 5.73 Å². The van der Waals surface area contributed by atoms with E-state index in [-0.39, 0.29) is 0 Å². The largest absolute Gasteiger partial charge is 0.399 e. The molecule has 0 fully saturated rings. The van der Waals surface area contributed by atoms with Crippen molar-refractivity contribution in [1.29, 1.82) is 0 Å². The number of fused-ring (bicyclic) bond motifs is 1. The Morgan fingerprint density at radius 2 is 2.10 bits per heavy atom. The van der Waals surface area contributed by atoms with Crippen LogP contribution in [-0.2, 0) is 10.0 Å². The van der Waals surface area contributed by atoms with Gasteiger partial charge in [0.05, 0.1) is 9.47 Å². The first-order valence-electron chi connectivity index (χ1n) is 6.20. The normalized spacial score (nSPS) is 15.0. The lowest BCUT2D eigenvalue weighted by atomic mass is 10.3. The highest BCUT2D eigenvalue weighted by atomic mass is 79.9. The molecular formula is C13H13BrN2O2S3. The maximum atomic E-state index is 12.9. The molecule has 0 saturated heterocycles. The third-order valence-corrected chi connectivity index (χ3v) is 8.62. The van der Waals surface area contributed by atoms with E-state index in [1.54, 1.807) is 30.0 Å². The minimum absolute atomic E-state index is 0.354. The number of halogens is 1. The van der Waals surface area contributed by atoms with Crippen LogP contribution in [0.15, 0.2) is 37.2 Å². The number of hydrogen-bond acceptors (Lipinski definition) is 5. The Balaban J connectivity index is 2.11. The summed E-state index contributed by atoms with van der Waals surface area (Å²) in [6.07, 6.45) is 0. The molecule has 0 saturated carbocycles. The first kappa shape index (κ1) is 15.2. The van der Waals surface area contributed by atoms with Crippen LogP contribution in [0.2, 0.25) is 0 Å². The zero-order chi connectivity index (χ0) is 15.2. The molecule has 3 rings (SSSR count). The highest BCUT2D eigenvalue weighted by molar-refractivity contribution is 9.11. The molecule has 1 aromatic heterocycles. The molecule has 21 heavy (non-hydrogen) atoms. The number of nitrogen functional groups attached to an aromatic ring is 1. The minimum atomic E-state index is -3.54. The summed E-state index contributed by atoms with van der Waals surface area (Å²) < 4.78 is 28.5. The van der Waals surface area contributed by atoms with Gasteiger partial charge in [0.1, 0.15) is 4.21 Å². The van der Waals surface area contributed by atoms with E-state index in [1.807, 2.05) is 13.0 Å². The number of benzene rings is 1. The van der Waals surface area contributed by atoms with Gasteiger partial charge in [-0.15, -0.1) is 23.1 Å². The van der Waals surface area contributed by atoms with E-state index in [0.717, 1.165) is 20.0 Å². The Kier molecular flexibility index (Phi) is 3.98. The molecule has 0 aliphatic carbocycles. The SMILES string of the molecule is Cc1cc(S(=O)(=O)N2CCSc3ccc(N)cc32)sc1Br. The van der Waals surface area contributed by atoms with E-state index >= 15 is 0 Å². The first-order valence-corrected chi connectivity index (χ1v) is 10.2. The van der Waals surface area contributed by atoms with Crippen LogP contribution in [0.1, 0.15) is 5.56 Å². The van der Waals surface area contributed by atoms with Crippen LogP contribution in [0.25, 0.3) is 0 Å². The average Bonchev–Trinajstić information content (AvgIpc) is 2.78. The van der Waals surface area contributed by atoms with Gasteiger partial charge in [0.2, 0.25) is 0 Å². The van der Waals surface area contributed by atoms with Crippen molar-refractivity contribution in [2.24, 2.45) is 0 Å². The van der Waals surface area contributed by atoms with Crippen molar-refractivity contribution in [3.05, 3.63) is 33.6 Å². The molecule has 1 aliphatic rings. The molecule has 2 heterocycles. The van der Waals surface area contributed by atoms with Gasteiger partial charge in [0.25, 0.3) is 10.0 Å². The van der Waals surface area contributed by atoms with Crippen molar-refractivity contribution in [2.75, 3.05) is 22.3 Å². The number of nitrogens with two attached hydrogens (primary N) is 1. The van der Waals surface area contributed by atoms with Crippen LogP contribution in [-0.4, -0.2) is 20.7 Å². The standard InChI is InChI=1S/C13H13BrN2O2S3/c1-8-6-12(20-13(8)14)21(17,18)16-4-5-19-11-3-2-9(15)7-10(11)16/h2-3,6-7H,4-5,15H2,1H3. The van der Waals surface area contributed by atoms with Crippen molar-refractivity contribution in [3.8, 4) is 0 Å². The fourth-order valence-electron chi connectivity index (χ4n) is 2.13. The number of aryl methyl sites for hydroxylation is 1. The number of thiophene rings is 1. The predicted octanol–water partition coefficient (Wildman–Crippen LogP) is 3.70. The number of anilines is 2. The molecule has 0 spiro atoms. The summed E-state index contributed by atoms with van der Waals surface area (Å²) in [5.41, 5.74) is 7.99. The van der Waals surface area contributed by atoms with E-state index in [1.165, 1.54) is 15.6 Å². The van der Waals surface area contributed by atoms with Crippen molar-refractivity contribution < 1.29 is 8.42 Å². The van der Waals surface area contributed by atoms with Crippen LogP contribution in [0.3, 0.4) is 0 Å². The molecule has 0 bridgehead atoms. The number of sulfonamides is 1. The molecule has 112 valence electrons. The minimum Gasteiger partial charge on any atom is -0.399 e. The van der Waals surface area contributed by atoms with Crippen LogP contribution in [0.5, 0.6) is 0 Å². The Morgan fingerprint density at radius 1 is 1.33 bits per heavy atom. The van der Waals surface area contributed by atoms with Crippen LogP contribution in [0, 0.1) is 6.92 Å². The maximum absolute atomic E-state index is 12.9. The van der Waals surface area contributed by atoms with Gasteiger partial charge in [-0.3, -0.25) is 4.31 Å². The molecule has 4 nitrogen and oxygen atoms in total. The first-order chi connectivity index (χ1) is 9.89. The van der Waals surface area contributed by atoms with Crippen molar-refractivity contribution in [2.45, 2.75) is 16.0 Å². The second kappa shape index (κ2) is 5.49. The maximum Gasteiger partial charge on any atom is 0.273 e. The van der Waals surface area contributed by atoms with Crippen molar-refractivity contribution >= 4 is 60.4 Å². The molecule has 8 heteroatoms. The van der Waals surface area contributed by atoms with Gasteiger partial charge in [-0.2, -0.15) is 0 Å². The van der Waals surface area contributed by atoms with E-state index in [9.17, 15) is 8.42 Å². The number of nitrogens with zero attached hydrogens (tertiary/aromatic N) is 1. The zero-order valence-electron chi connectivity index (χ0n) is 11.2. The fraction of sp³-hybridized carbons (Fsp3) is 0.231.